The van der Waals surface area contributed by atoms with Crippen molar-refractivity contribution in [3.63, 3.8) is 0 Å². The van der Waals surface area contributed by atoms with Crippen LogP contribution in [0.2, 0.25) is 0 Å². The predicted octanol–water partition coefficient (Wildman–Crippen LogP) is 3.61. The zero-order valence-corrected chi connectivity index (χ0v) is 16.1. The second kappa shape index (κ2) is 8.26. The Morgan fingerprint density at radius 3 is 2.44 bits per heavy atom. The number of nitrogens with zero attached hydrogens (tertiary/aromatic N) is 2. The summed E-state index contributed by atoms with van der Waals surface area (Å²) in [5, 5.41) is 3.83. The highest BCUT2D eigenvalue weighted by atomic mass is 32.1. The molecule has 1 unspecified atom stereocenters. The largest absolute Gasteiger partial charge is 0.497 e. The molecule has 0 saturated heterocycles. The fraction of sp³-hybridized carbons (Fsp3) is 0.250. The molecular formula is C20H21N3O3S. The Kier molecular flexibility index (Phi) is 5.81. The molecule has 3 rings (SSSR count). The van der Waals surface area contributed by atoms with Crippen molar-refractivity contribution in [2.75, 3.05) is 12.0 Å². The maximum Gasteiger partial charge on any atom is 0.283 e. The average molecular weight is 383 g/mol. The van der Waals surface area contributed by atoms with E-state index >= 15 is 0 Å². The fourth-order valence-corrected chi connectivity index (χ4v) is 3.18. The highest BCUT2D eigenvalue weighted by Crippen LogP contribution is 2.23. The molecule has 2 amide bonds. The summed E-state index contributed by atoms with van der Waals surface area (Å²) in [7, 11) is 1.61. The molecule has 27 heavy (non-hydrogen) atoms. The van der Waals surface area contributed by atoms with Crippen LogP contribution in [0.4, 0.5) is 10.5 Å². The molecule has 0 aromatic heterocycles. The van der Waals surface area contributed by atoms with Crippen LogP contribution in [-0.4, -0.2) is 24.0 Å². The van der Waals surface area contributed by atoms with Crippen molar-refractivity contribution >= 4 is 35.2 Å². The number of carbonyl (C=O) groups excluding carboxylic acids is 2. The molecule has 0 aliphatic carbocycles. The van der Waals surface area contributed by atoms with Crippen LogP contribution in [0.15, 0.2) is 53.6 Å². The van der Waals surface area contributed by atoms with Gasteiger partial charge in [-0.25, -0.2) is 5.43 Å². The van der Waals surface area contributed by atoms with Crippen LogP contribution in [0.1, 0.15) is 24.5 Å². The van der Waals surface area contributed by atoms with E-state index in [1.54, 1.807) is 12.0 Å². The molecule has 140 valence electrons. The fourth-order valence-electron chi connectivity index (χ4n) is 3.00. The lowest BCUT2D eigenvalue weighted by Crippen LogP contribution is -2.32. The number of carbonyl (C=O) groups is 2. The highest BCUT2D eigenvalue weighted by Gasteiger charge is 2.22. The summed E-state index contributed by atoms with van der Waals surface area (Å²) in [6.45, 7) is 2.37. The number of amides is 2. The lowest BCUT2D eigenvalue weighted by Gasteiger charge is -2.22. The first-order chi connectivity index (χ1) is 13.0. The topological polar surface area (TPSA) is 71.0 Å². The number of nitrogens with one attached hydrogen (secondary N) is 1. The highest BCUT2D eigenvalue weighted by molar-refractivity contribution is 7.96. The van der Waals surface area contributed by atoms with Gasteiger partial charge in [-0.2, -0.15) is 5.10 Å². The van der Waals surface area contributed by atoms with Gasteiger partial charge in [0.25, 0.3) is 5.24 Å². The molecule has 6 nitrogen and oxygen atoms in total. The second-order valence-corrected chi connectivity index (χ2v) is 6.78. The van der Waals surface area contributed by atoms with E-state index in [0.717, 1.165) is 28.3 Å². The monoisotopic (exact) mass is 383 g/mol. The van der Waals surface area contributed by atoms with Crippen molar-refractivity contribution < 1.29 is 14.3 Å². The molecule has 0 bridgehead atoms. The smallest absolute Gasteiger partial charge is 0.283 e. The van der Waals surface area contributed by atoms with Crippen LogP contribution in [0.25, 0.3) is 0 Å². The zero-order chi connectivity index (χ0) is 19.4. The summed E-state index contributed by atoms with van der Waals surface area (Å²) in [5.74, 6) is 0.738. The quantitative estimate of drug-likeness (QED) is 0.775. The maximum atomic E-state index is 12.0. The molecular weight excluding hydrogens is 362 g/mol. The van der Waals surface area contributed by atoms with Gasteiger partial charge in [-0.05, 0) is 35.4 Å². The molecule has 1 aliphatic rings. The number of benzene rings is 2. The van der Waals surface area contributed by atoms with Gasteiger partial charge in [0, 0.05) is 18.0 Å². The minimum atomic E-state index is -0.339. The van der Waals surface area contributed by atoms with E-state index in [-0.39, 0.29) is 17.1 Å². The van der Waals surface area contributed by atoms with Crippen LogP contribution in [0.5, 0.6) is 5.75 Å². The molecule has 1 aliphatic heterocycles. The number of rotatable bonds is 5. The van der Waals surface area contributed by atoms with Gasteiger partial charge < -0.3 is 4.74 Å². The average Bonchev–Trinajstić information content (AvgIpc) is 2.67. The first kappa shape index (κ1) is 19.0. The minimum absolute atomic E-state index is 0.0477. The van der Waals surface area contributed by atoms with Crippen molar-refractivity contribution in [3.05, 3.63) is 59.7 Å². The van der Waals surface area contributed by atoms with Crippen molar-refractivity contribution in [2.45, 2.75) is 19.9 Å². The van der Waals surface area contributed by atoms with Gasteiger partial charge >= 0.3 is 0 Å². The van der Waals surface area contributed by atoms with E-state index in [0.29, 0.717) is 13.0 Å². The van der Waals surface area contributed by atoms with Crippen molar-refractivity contribution in [1.29, 1.82) is 0 Å². The van der Waals surface area contributed by atoms with E-state index in [4.69, 9.17) is 4.74 Å². The summed E-state index contributed by atoms with van der Waals surface area (Å²) in [6.07, 6.45) is 0.416. The van der Waals surface area contributed by atoms with Gasteiger partial charge in [-0.15, -0.1) is 0 Å². The third-order valence-corrected chi connectivity index (χ3v) is 4.71. The molecule has 1 atom stereocenters. The van der Waals surface area contributed by atoms with Crippen LogP contribution >= 0.6 is 12.6 Å². The third kappa shape index (κ3) is 4.49. The standard InChI is InChI=1S/C20H21N3O3S/c1-13-11-18(24)21-22-19(13)15-5-7-16(8-6-15)23(20(25)27)12-14-3-9-17(26-2)10-4-14/h3-10,13H,11-12H2,1-2H3,(H,21,24)(H,25,27). The Morgan fingerprint density at radius 1 is 1.22 bits per heavy atom. The molecule has 0 fully saturated rings. The van der Waals surface area contributed by atoms with Crippen molar-refractivity contribution in [3.8, 4) is 5.75 Å². The van der Waals surface area contributed by atoms with E-state index in [1.807, 2.05) is 55.5 Å². The van der Waals surface area contributed by atoms with E-state index < -0.39 is 0 Å². The van der Waals surface area contributed by atoms with Crippen LogP contribution < -0.4 is 15.1 Å². The summed E-state index contributed by atoms with van der Waals surface area (Å²) in [4.78, 5) is 25.0. The molecule has 2 aromatic rings. The van der Waals surface area contributed by atoms with E-state index in [1.165, 1.54) is 0 Å². The summed E-state index contributed by atoms with van der Waals surface area (Å²) in [5.41, 5.74) is 5.98. The Hall–Kier alpha value is -2.80. The molecule has 0 radical (unpaired) electrons. The van der Waals surface area contributed by atoms with Gasteiger partial charge in [0.1, 0.15) is 5.75 Å². The lowest BCUT2D eigenvalue weighted by molar-refractivity contribution is -0.121. The summed E-state index contributed by atoms with van der Waals surface area (Å²) >= 11 is 4.02. The number of hydrogen-bond donors (Lipinski definition) is 2. The Labute approximate surface area is 163 Å². The number of hydrazone groups is 1. The SMILES string of the molecule is COc1ccc(CN(C(=O)S)c2ccc(C3=NNC(=O)CC3C)cc2)cc1. The van der Waals surface area contributed by atoms with Crippen molar-refractivity contribution in [1.82, 2.24) is 5.43 Å². The Bertz CT molecular complexity index is 863. The number of anilines is 1. The molecule has 2 aromatic carbocycles. The van der Waals surface area contributed by atoms with Crippen molar-refractivity contribution in [2.24, 2.45) is 11.0 Å². The molecule has 1 N–H and O–H groups in total. The predicted molar refractivity (Wildman–Crippen MR) is 108 cm³/mol. The van der Waals surface area contributed by atoms with E-state index in [2.05, 4.69) is 23.2 Å². The van der Waals surface area contributed by atoms with Gasteiger partial charge in [0.2, 0.25) is 5.91 Å². The molecule has 7 heteroatoms. The third-order valence-electron chi connectivity index (χ3n) is 4.46. The zero-order valence-electron chi connectivity index (χ0n) is 15.2. The summed E-state index contributed by atoms with van der Waals surface area (Å²) in [6, 6.07) is 15.1. The normalized spacial score (nSPS) is 16.3. The number of hydrogen-bond acceptors (Lipinski definition) is 4. The van der Waals surface area contributed by atoms with Gasteiger partial charge in [-0.3, -0.25) is 14.5 Å². The van der Waals surface area contributed by atoms with Crippen LogP contribution in [-0.2, 0) is 11.3 Å². The second-order valence-electron chi connectivity index (χ2n) is 6.40. The first-order valence-corrected chi connectivity index (χ1v) is 9.03. The Morgan fingerprint density at radius 2 is 1.89 bits per heavy atom. The van der Waals surface area contributed by atoms with Gasteiger partial charge in [0.05, 0.1) is 19.4 Å². The van der Waals surface area contributed by atoms with Gasteiger partial charge in [0.15, 0.2) is 0 Å². The minimum Gasteiger partial charge on any atom is -0.497 e. The Balaban J connectivity index is 1.80. The number of ether oxygens (including phenoxy) is 1. The first-order valence-electron chi connectivity index (χ1n) is 8.58. The van der Waals surface area contributed by atoms with Gasteiger partial charge in [-0.1, -0.05) is 43.8 Å². The molecule has 0 saturated carbocycles. The summed E-state index contributed by atoms with van der Waals surface area (Å²) < 4.78 is 5.16. The maximum absolute atomic E-state index is 12.0. The molecule has 1 heterocycles. The van der Waals surface area contributed by atoms with Crippen LogP contribution in [0, 0.1) is 5.92 Å². The number of thiol groups is 1. The number of methoxy groups -OCH3 is 1. The lowest BCUT2D eigenvalue weighted by atomic mass is 9.94. The molecule has 0 spiro atoms. The van der Waals surface area contributed by atoms with E-state index in [9.17, 15) is 9.59 Å². The van der Waals surface area contributed by atoms with Crippen LogP contribution in [0.3, 0.4) is 0 Å².